The van der Waals surface area contributed by atoms with Crippen molar-refractivity contribution in [3.63, 3.8) is 0 Å². The SMILES string of the molecule is CCN(Cc1ccc(-c2cc3nc[nH]c3cc2C)cc1F)C1CCCCC1. The lowest BCUT2D eigenvalue weighted by atomic mass is 9.93. The second kappa shape index (κ2) is 7.81. The average molecular weight is 365 g/mol. The smallest absolute Gasteiger partial charge is 0.128 e. The monoisotopic (exact) mass is 365 g/mol. The number of aromatic nitrogens is 2. The number of nitrogens with zero attached hydrogens (tertiary/aromatic N) is 2. The van der Waals surface area contributed by atoms with E-state index >= 15 is 0 Å². The van der Waals surface area contributed by atoms with Gasteiger partial charge in [-0.2, -0.15) is 0 Å². The van der Waals surface area contributed by atoms with E-state index in [0.29, 0.717) is 12.6 Å². The second-order valence-corrected chi connectivity index (χ2v) is 7.75. The lowest BCUT2D eigenvalue weighted by Gasteiger charge is -2.33. The number of nitrogens with one attached hydrogen (secondary N) is 1. The number of hydrogen-bond acceptors (Lipinski definition) is 2. The van der Waals surface area contributed by atoms with Crippen LogP contribution in [-0.4, -0.2) is 27.5 Å². The van der Waals surface area contributed by atoms with Crippen LogP contribution < -0.4 is 0 Å². The van der Waals surface area contributed by atoms with Crippen LogP contribution in [0.2, 0.25) is 0 Å². The largest absolute Gasteiger partial charge is 0.345 e. The first-order valence-corrected chi connectivity index (χ1v) is 10.1. The first-order valence-electron chi connectivity index (χ1n) is 10.1. The molecule has 1 heterocycles. The van der Waals surface area contributed by atoms with Crippen molar-refractivity contribution in [1.82, 2.24) is 14.9 Å². The molecule has 1 aromatic heterocycles. The van der Waals surface area contributed by atoms with E-state index in [1.165, 1.54) is 32.1 Å². The van der Waals surface area contributed by atoms with Gasteiger partial charge in [-0.05, 0) is 61.2 Å². The highest BCUT2D eigenvalue weighted by atomic mass is 19.1. The molecule has 0 aliphatic heterocycles. The molecule has 1 aliphatic carbocycles. The Labute approximate surface area is 160 Å². The molecular weight excluding hydrogens is 337 g/mol. The normalized spacial score (nSPS) is 15.7. The van der Waals surface area contributed by atoms with Crippen molar-refractivity contribution in [2.45, 2.75) is 58.5 Å². The molecule has 3 aromatic rings. The molecule has 0 bridgehead atoms. The van der Waals surface area contributed by atoms with Crippen LogP contribution in [0.3, 0.4) is 0 Å². The highest BCUT2D eigenvalue weighted by Gasteiger charge is 2.21. The minimum atomic E-state index is -0.108. The lowest BCUT2D eigenvalue weighted by molar-refractivity contribution is 0.154. The quantitative estimate of drug-likeness (QED) is 0.617. The summed E-state index contributed by atoms with van der Waals surface area (Å²) in [7, 11) is 0. The molecule has 1 aliphatic rings. The van der Waals surface area contributed by atoms with Crippen LogP contribution in [0.5, 0.6) is 0 Å². The summed E-state index contributed by atoms with van der Waals surface area (Å²) in [5.41, 5.74) is 5.80. The third kappa shape index (κ3) is 3.77. The molecule has 1 N–H and O–H groups in total. The molecule has 4 heteroatoms. The minimum Gasteiger partial charge on any atom is -0.345 e. The molecule has 0 atom stereocenters. The van der Waals surface area contributed by atoms with Crippen molar-refractivity contribution < 1.29 is 4.39 Å². The maximum Gasteiger partial charge on any atom is 0.128 e. The van der Waals surface area contributed by atoms with Crippen molar-refractivity contribution in [1.29, 1.82) is 0 Å². The molecule has 1 saturated carbocycles. The van der Waals surface area contributed by atoms with Gasteiger partial charge in [0.25, 0.3) is 0 Å². The molecule has 0 radical (unpaired) electrons. The van der Waals surface area contributed by atoms with E-state index in [4.69, 9.17) is 0 Å². The van der Waals surface area contributed by atoms with Crippen LogP contribution in [0.25, 0.3) is 22.2 Å². The summed E-state index contributed by atoms with van der Waals surface area (Å²) in [5, 5.41) is 0. The van der Waals surface area contributed by atoms with Gasteiger partial charge in [0.1, 0.15) is 5.82 Å². The first kappa shape index (κ1) is 18.2. The number of imidazole rings is 1. The zero-order chi connectivity index (χ0) is 18.8. The fraction of sp³-hybridized carbons (Fsp3) is 0.435. The number of aromatic amines is 1. The Morgan fingerprint density at radius 3 is 2.70 bits per heavy atom. The molecule has 3 nitrogen and oxygen atoms in total. The van der Waals surface area contributed by atoms with E-state index in [1.807, 2.05) is 18.2 Å². The summed E-state index contributed by atoms with van der Waals surface area (Å²) in [6.07, 6.45) is 8.14. The fourth-order valence-electron chi connectivity index (χ4n) is 4.41. The van der Waals surface area contributed by atoms with Gasteiger partial charge in [0, 0.05) is 18.2 Å². The minimum absolute atomic E-state index is 0.108. The van der Waals surface area contributed by atoms with Crippen LogP contribution in [0, 0.1) is 12.7 Å². The van der Waals surface area contributed by atoms with E-state index in [-0.39, 0.29) is 5.82 Å². The van der Waals surface area contributed by atoms with Crippen molar-refractivity contribution >= 4 is 11.0 Å². The molecule has 142 valence electrons. The summed E-state index contributed by atoms with van der Waals surface area (Å²) in [4.78, 5) is 9.90. The maximum absolute atomic E-state index is 14.9. The maximum atomic E-state index is 14.9. The predicted octanol–water partition coefficient (Wildman–Crippen LogP) is 5.83. The Kier molecular flexibility index (Phi) is 5.26. The number of hydrogen-bond donors (Lipinski definition) is 1. The van der Waals surface area contributed by atoms with Crippen LogP contribution >= 0.6 is 0 Å². The Balaban J connectivity index is 1.58. The highest BCUT2D eigenvalue weighted by molar-refractivity contribution is 5.83. The standard InChI is InChI=1S/C23H28FN3/c1-3-27(19-7-5-4-6-8-19)14-18-10-9-17(12-21(18)24)20-13-23-22(11-16(20)2)25-15-26-23/h9-13,15,19H,3-8,14H2,1-2H3,(H,25,26). The molecular formula is C23H28FN3. The molecule has 1 fully saturated rings. The predicted molar refractivity (Wildman–Crippen MR) is 109 cm³/mol. The number of fused-ring (bicyclic) bond motifs is 1. The summed E-state index contributed by atoms with van der Waals surface area (Å²) >= 11 is 0. The molecule has 0 spiro atoms. The summed E-state index contributed by atoms with van der Waals surface area (Å²) in [6.45, 7) is 5.91. The second-order valence-electron chi connectivity index (χ2n) is 7.75. The van der Waals surface area contributed by atoms with E-state index < -0.39 is 0 Å². The number of halogens is 1. The Hall–Kier alpha value is -2.20. The van der Waals surface area contributed by atoms with Gasteiger partial charge < -0.3 is 4.98 Å². The van der Waals surface area contributed by atoms with Crippen LogP contribution in [0.4, 0.5) is 4.39 Å². The average Bonchev–Trinajstić information content (AvgIpc) is 3.14. The highest BCUT2D eigenvalue weighted by Crippen LogP contribution is 2.30. The summed E-state index contributed by atoms with van der Waals surface area (Å²) in [6, 6.07) is 10.4. The fourth-order valence-corrected chi connectivity index (χ4v) is 4.41. The van der Waals surface area contributed by atoms with Crippen molar-refractivity contribution in [2.24, 2.45) is 0 Å². The lowest BCUT2D eigenvalue weighted by Crippen LogP contribution is -2.36. The zero-order valence-corrected chi connectivity index (χ0v) is 16.3. The number of benzene rings is 2. The Bertz CT molecular complexity index is 925. The van der Waals surface area contributed by atoms with Gasteiger partial charge in [0.15, 0.2) is 0 Å². The van der Waals surface area contributed by atoms with E-state index in [0.717, 1.165) is 39.8 Å². The first-order chi connectivity index (χ1) is 13.2. The van der Waals surface area contributed by atoms with Crippen molar-refractivity contribution in [3.05, 3.63) is 53.6 Å². The van der Waals surface area contributed by atoms with Crippen molar-refractivity contribution in [3.8, 4) is 11.1 Å². The molecule has 2 aromatic carbocycles. The van der Waals surface area contributed by atoms with Gasteiger partial charge in [0.05, 0.1) is 17.4 Å². The molecule has 27 heavy (non-hydrogen) atoms. The van der Waals surface area contributed by atoms with Gasteiger partial charge in [-0.3, -0.25) is 4.90 Å². The summed E-state index contributed by atoms with van der Waals surface area (Å²) < 4.78 is 14.9. The van der Waals surface area contributed by atoms with Crippen LogP contribution in [-0.2, 0) is 6.54 Å². The van der Waals surface area contributed by atoms with Gasteiger partial charge in [-0.25, -0.2) is 9.37 Å². The molecule has 0 amide bonds. The Morgan fingerprint density at radius 2 is 1.96 bits per heavy atom. The number of aryl methyl sites for hydroxylation is 1. The van der Waals surface area contributed by atoms with Gasteiger partial charge in [-0.1, -0.05) is 38.3 Å². The van der Waals surface area contributed by atoms with Gasteiger partial charge >= 0.3 is 0 Å². The van der Waals surface area contributed by atoms with Crippen LogP contribution in [0.1, 0.15) is 50.2 Å². The summed E-state index contributed by atoms with van der Waals surface area (Å²) in [5.74, 6) is -0.108. The zero-order valence-electron chi connectivity index (χ0n) is 16.3. The van der Waals surface area contributed by atoms with E-state index in [9.17, 15) is 4.39 Å². The number of rotatable bonds is 5. The van der Waals surface area contributed by atoms with Gasteiger partial charge in [-0.15, -0.1) is 0 Å². The van der Waals surface area contributed by atoms with Gasteiger partial charge in [0.2, 0.25) is 0 Å². The Morgan fingerprint density at radius 1 is 1.15 bits per heavy atom. The topological polar surface area (TPSA) is 31.9 Å². The molecule has 4 rings (SSSR count). The number of H-pyrrole nitrogens is 1. The van der Waals surface area contributed by atoms with Crippen LogP contribution in [0.15, 0.2) is 36.7 Å². The van der Waals surface area contributed by atoms with Crippen molar-refractivity contribution in [2.75, 3.05) is 6.54 Å². The van der Waals surface area contributed by atoms with E-state index in [1.54, 1.807) is 12.4 Å². The third-order valence-corrected chi connectivity index (χ3v) is 6.00. The van der Waals surface area contributed by atoms with E-state index in [2.05, 4.69) is 34.8 Å². The molecule has 0 saturated heterocycles. The molecule has 0 unspecified atom stereocenters. The third-order valence-electron chi connectivity index (χ3n) is 6.00.